The Labute approximate surface area is 142 Å². The zero-order valence-corrected chi connectivity index (χ0v) is 13.5. The summed E-state index contributed by atoms with van der Waals surface area (Å²) in [7, 11) is 0. The molecule has 1 aliphatic heterocycles. The Morgan fingerprint density at radius 1 is 0.875 bits per heavy atom. The number of rotatable bonds is 7. The summed E-state index contributed by atoms with van der Waals surface area (Å²) in [5.41, 5.74) is 2.16. The molecule has 0 radical (unpaired) electrons. The predicted molar refractivity (Wildman–Crippen MR) is 91.1 cm³/mol. The van der Waals surface area contributed by atoms with Crippen molar-refractivity contribution in [3.8, 4) is 0 Å². The Bertz CT molecular complexity index is 627. The smallest absolute Gasteiger partial charge is 0.150 e. The summed E-state index contributed by atoms with van der Waals surface area (Å²) in [5.74, 6) is 0. The first-order valence-electron chi connectivity index (χ1n) is 8.10. The van der Waals surface area contributed by atoms with Gasteiger partial charge in [0.2, 0.25) is 0 Å². The van der Waals surface area contributed by atoms with Crippen LogP contribution in [0, 0.1) is 0 Å². The van der Waals surface area contributed by atoms with Gasteiger partial charge in [-0.05, 0) is 17.2 Å². The largest absolute Gasteiger partial charge is 0.493 e. The molecule has 1 heterocycles. The van der Waals surface area contributed by atoms with Gasteiger partial charge in [0.1, 0.15) is 18.3 Å². The fourth-order valence-corrected chi connectivity index (χ4v) is 2.56. The van der Waals surface area contributed by atoms with E-state index in [9.17, 15) is 5.11 Å². The summed E-state index contributed by atoms with van der Waals surface area (Å²) < 4.78 is 16.9. The van der Waals surface area contributed by atoms with Crippen LogP contribution in [-0.2, 0) is 27.4 Å². The third kappa shape index (κ3) is 4.68. The molecule has 0 saturated heterocycles. The molecule has 4 heteroatoms. The van der Waals surface area contributed by atoms with Crippen molar-refractivity contribution in [2.75, 3.05) is 6.61 Å². The third-order valence-electron chi connectivity index (χ3n) is 3.92. The van der Waals surface area contributed by atoms with Gasteiger partial charge in [0.25, 0.3) is 0 Å². The van der Waals surface area contributed by atoms with Gasteiger partial charge >= 0.3 is 0 Å². The number of aliphatic hydroxyl groups excluding tert-OH is 1. The van der Waals surface area contributed by atoms with Crippen LogP contribution >= 0.6 is 0 Å². The van der Waals surface area contributed by atoms with Crippen molar-refractivity contribution in [2.45, 2.75) is 31.5 Å². The second kappa shape index (κ2) is 8.64. The van der Waals surface area contributed by atoms with Gasteiger partial charge in [0.05, 0.1) is 26.1 Å². The van der Waals surface area contributed by atoms with Crippen LogP contribution in [0.1, 0.15) is 11.1 Å². The van der Waals surface area contributed by atoms with Crippen LogP contribution in [-0.4, -0.2) is 30.0 Å². The number of hydrogen-bond donors (Lipinski definition) is 1. The van der Waals surface area contributed by atoms with Gasteiger partial charge in [-0.1, -0.05) is 60.7 Å². The minimum absolute atomic E-state index is 0.311. The number of benzene rings is 2. The summed E-state index contributed by atoms with van der Waals surface area (Å²) >= 11 is 0. The van der Waals surface area contributed by atoms with Crippen LogP contribution in [0.25, 0.3) is 0 Å². The van der Waals surface area contributed by atoms with Crippen molar-refractivity contribution in [3.63, 3.8) is 0 Å². The molecule has 4 nitrogen and oxygen atoms in total. The average Bonchev–Trinajstić information content (AvgIpc) is 2.64. The normalized spacial score (nSPS) is 23.0. The van der Waals surface area contributed by atoms with Crippen LogP contribution in [0.15, 0.2) is 73.0 Å². The molecule has 2 aromatic carbocycles. The lowest BCUT2D eigenvalue weighted by Crippen LogP contribution is -2.44. The summed E-state index contributed by atoms with van der Waals surface area (Å²) in [6, 6.07) is 19.8. The van der Waals surface area contributed by atoms with Crippen molar-refractivity contribution < 1.29 is 19.3 Å². The highest BCUT2D eigenvalue weighted by atomic mass is 16.6. The molecular weight excluding hydrogens is 304 g/mol. The first kappa shape index (κ1) is 16.7. The van der Waals surface area contributed by atoms with E-state index in [1.807, 2.05) is 60.7 Å². The Kier molecular flexibility index (Phi) is 6.01. The molecule has 2 aromatic rings. The van der Waals surface area contributed by atoms with E-state index >= 15 is 0 Å². The van der Waals surface area contributed by atoms with Crippen LogP contribution in [0.2, 0.25) is 0 Å². The molecule has 3 atom stereocenters. The molecule has 0 saturated carbocycles. The molecule has 0 amide bonds. The Morgan fingerprint density at radius 2 is 1.50 bits per heavy atom. The number of aliphatic hydroxyl groups is 1. The topological polar surface area (TPSA) is 47.9 Å². The molecule has 0 fully saturated rings. The van der Waals surface area contributed by atoms with E-state index in [1.54, 1.807) is 12.3 Å². The molecule has 126 valence electrons. The lowest BCUT2D eigenvalue weighted by molar-refractivity contribution is -0.116. The summed E-state index contributed by atoms with van der Waals surface area (Å²) in [5, 5.41) is 10.4. The van der Waals surface area contributed by atoms with Gasteiger partial charge < -0.3 is 19.3 Å². The van der Waals surface area contributed by atoms with Crippen molar-refractivity contribution in [2.24, 2.45) is 0 Å². The molecule has 3 unspecified atom stereocenters. The monoisotopic (exact) mass is 326 g/mol. The van der Waals surface area contributed by atoms with E-state index < -0.39 is 18.3 Å². The quantitative estimate of drug-likeness (QED) is 0.849. The molecule has 3 rings (SSSR count). The highest BCUT2D eigenvalue weighted by molar-refractivity contribution is 5.14. The third-order valence-corrected chi connectivity index (χ3v) is 3.92. The van der Waals surface area contributed by atoms with E-state index in [2.05, 4.69) is 0 Å². The highest BCUT2D eigenvalue weighted by Gasteiger charge is 2.31. The van der Waals surface area contributed by atoms with E-state index in [-0.39, 0.29) is 0 Å². The zero-order chi connectivity index (χ0) is 16.6. The molecular formula is C20H22O4. The lowest BCUT2D eigenvalue weighted by atomic mass is 10.1. The van der Waals surface area contributed by atoms with E-state index in [0.29, 0.717) is 19.8 Å². The first-order valence-corrected chi connectivity index (χ1v) is 8.10. The Hall–Kier alpha value is -2.14. The van der Waals surface area contributed by atoms with Gasteiger partial charge in [0, 0.05) is 0 Å². The predicted octanol–water partition coefficient (Wildman–Crippen LogP) is 3.06. The van der Waals surface area contributed by atoms with Crippen LogP contribution < -0.4 is 0 Å². The summed E-state index contributed by atoms with van der Waals surface area (Å²) in [4.78, 5) is 0. The maximum atomic E-state index is 10.4. The second-order valence-electron chi connectivity index (χ2n) is 5.76. The molecule has 0 aromatic heterocycles. The minimum atomic E-state index is -0.755. The van der Waals surface area contributed by atoms with Gasteiger partial charge in [-0.2, -0.15) is 0 Å². The van der Waals surface area contributed by atoms with Crippen molar-refractivity contribution in [1.82, 2.24) is 0 Å². The summed E-state index contributed by atoms with van der Waals surface area (Å²) in [6.45, 7) is 1.25. The number of hydrogen-bond acceptors (Lipinski definition) is 4. The fourth-order valence-electron chi connectivity index (χ4n) is 2.56. The summed E-state index contributed by atoms with van der Waals surface area (Å²) in [6.07, 6.45) is 1.73. The Balaban J connectivity index is 1.46. The van der Waals surface area contributed by atoms with Crippen LogP contribution in [0.5, 0.6) is 0 Å². The SMILES string of the molecule is OC1C(OCc2ccccc2)C=COC1COCc1ccccc1. The highest BCUT2D eigenvalue weighted by Crippen LogP contribution is 2.18. The maximum absolute atomic E-state index is 10.4. The molecule has 1 aliphatic rings. The zero-order valence-electron chi connectivity index (χ0n) is 13.5. The molecule has 0 bridgehead atoms. The fraction of sp³-hybridized carbons (Fsp3) is 0.300. The molecule has 24 heavy (non-hydrogen) atoms. The van der Waals surface area contributed by atoms with Crippen molar-refractivity contribution >= 4 is 0 Å². The van der Waals surface area contributed by atoms with E-state index in [0.717, 1.165) is 11.1 Å². The molecule has 0 spiro atoms. The van der Waals surface area contributed by atoms with E-state index in [1.165, 1.54) is 0 Å². The van der Waals surface area contributed by atoms with Crippen molar-refractivity contribution in [1.29, 1.82) is 0 Å². The van der Waals surface area contributed by atoms with E-state index in [4.69, 9.17) is 14.2 Å². The number of ether oxygens (including phenoxy) is 3. The standard InChI is InChI=1S/C20H22O4/c21-20-18(24-14-17-9-5-2-6-10-17)11-12-23-19(20)15-22-13-16-7-3-1-4-8-16/h1-12,18-21H,13-15H2. The van der Waals surface area contributed by atoms with Gasteiger partial charge in [-0.3, -0.25) is 0 Å². The van der Waals surface area contributed by atoms with Gasteiger partial charge in [-0.25, -0.2) is 0 Å². The Morgan fingerprint density at radius 3 is 2.17 bits per heavy atom. The molecule has 0 aliphatic carbocycles. The van der Waals surface area contributed by atoms with Gasteiger partial charge in [0.15, 0.2) is 0 Å². The second-order valence-corrected chi connectivity index (χ2v) is 5.76. The van der Waals surface area contributed by atoms with Gasteiger partial charge in [-0.15, -0.1) is 0 Å². The minimum Gasteiger partial charge on any atom is -0.493 e. The molecule has 1 N–H and O–H groups in total. The van der Waals surface area contributed by atoms with Crippen LogP contribution in [0.4, 0.5) is 0 Å². The maximum Gasteiger partial charge on any atom is 0.150 e. The van der Waals surface area contributed by atoms with Crippen molar-refractivity contribution in [3.05, 3.63) is 84.1 Å². The first-order chi connectivity index (χ1) is 11.8. The average molecular weight is 326 g/mol. The lowest BCUT2D eigenvalue weighted by Gasteiger charge is -2.31. The van der Waals surface area contributed by atoms with Crippen LogP contribution in [0.3, 0.4) is 0 Å².